The van der Waals surface area contributed by atoms with Crippen LogP contribution in [0.25, 0.3) is 0 Å². The molecule has 3 rings (SSSR count). The molecule has 2 aromatic heterocycles. The Bertz CT molecular complexity index is 981. The number of hydrogen-bond donors (Lipinski definition) is 2. The van der Waals surface area contributed by atoms with Gasteiger partial charge in [0.05, 0.1) is 0 Å². The molecule has 0 aliphatic heterocycles. The summed E-state index contributed by atoms with van der Waals surface area (Å²) in [6.07, 6.45) is 0.452. The molecule has 0 atom stereocenters. The average molecular weight is 397 g/mol. The Labute approximate surface area is 169 Å². The number of anilines is 3. The predicted molar refractivity (Wildman–Crippen MR) is 113 cm³/mol. The number of aromatic amines is 1. The van der Waals surface area contributed by atoms with Crippen LogP contribution in [0.2, 0.25) is 0 Å². The molecule has 2 N–H and O–H groups in total. The van der Waals surface area contributed by atoms with Crippen molar-refractivity contribution in [3.05, 3.63) is 47.2 Å². The molecule has 0 unspecified atom stereocenters. The number of carbonyl (C=O) groups excluding carboxylic acids is 1. The van der Waals surface area contributed by atoms with Gasteiger partial charge < -0.3 is 10.2 Å². The molecule has 0 saturated carbocycles. The first-order valence-electron chi connectivity index (χ1n) is 8.93. The van der Waals surface area contributed by atoms with E-state index in [1.54, 1.807) is 6.92 Å². The predicted octanol–water partition coefficient (Wildman–Crippen LogP) is 3.91. The number of ketones is 1. The highest BCUT2D eigenvalue weighted by Crippen LogP contribution is 2.31. The number of carbonyl (C=O) groups is 1. The SMILES string of the molecule is CC(=O)Cc1ccc(Sc2nc(Nc3cc(C)[nH]n3)c(C)c(N(C)C)n2)cc1. The van der Waals surface area contributed by atoms with Crippen LogP contribution in [0.15, 0.2) is 40.4 Å². The standard InChI is InChI=1S/C20H24N6OS/c1-12-10-17(25-24-12)21-18-14(3)19(26(4)5)23-20(22-18)28-16-8-6-15(7-9-16)11-13(2)27/h6-10H,11H2,1-5H3,(H2,21,22,23,24,25). The lowest BCUT2D eigenvalue weighted by molar-refractivity contribution is -0.116. The quantitative estimate of drug-likeness (QED) is 0.586. The van der Waals surface area contributed by atoms with Crippen molar-refractivity contribution in [2.75, 3.05) is 24.3 Å². The Morgan fingerprint density at radius 2 is 1.89 bits per heavy atom. The van der Waals surface area contributed by atoms with Gasteiger partial charge in [0, 0.05) is 42.7 Å². The third-order valence-corrected chi connectivity index (χ3v) is 4.93. The zero-order chi connectivity index (χ0) is 20.3. The van der Waals surface area contributed by atoms with E-state index in [-0.39, 0.29) is 5.78 Å². The molecule has 3 aromatic rings. The van der Waals surface area contributed by atoms with E-state index in [1.165, 1.54) is 11.8 Å². The lowest BCUT2D eigenvalue weighted by Crippen LogP contribution is -2.15. The molecule has 0 bridgehead atoms. The number of hydrogen-bond acceptors (Lipinski definition) is 7. The Balaban J connectivity index is 1.88. The molecule has 0 spiro atoms. The van der Waals surface area contributed by atoms with E-state index in [1.807, 2.05) is 63.2 Å². The smallest absolute Gasteiger partial charge is 0.196 e. The number of rotatable bonds is 7. The highest BCUT2D eigenvalue weighted by molar-refractivity contribution is 7.99. The summed E-state index contributed by atoms with van der Waals surface area (Å²) in [5.74, 6) is 2.44. The van der Waals surface area contributed by atoms with Crippen LogP contribution in [0, 0.1) is 13.8 Å². The third-order valence-electron chi connectivity index (χ3n) is 4.06. The maximum absolute atomic E-state index is 11.3. The lowest BCUT2D eigenvalue weighted by Gasteiger charge is -2.18. The maximum atomic E-state index is 11.3. The number of nitrogens with zero attached hydrogens (tertiary/aromatic N) is 4. The van der Waals surface area contributed by atoms with Crippen LogP contribution in [-0.4, -0.2) is 40.0 Å². The number of benzene rings is 1. The number of aromatic nitrogens is 4. The second-order valence-corrected chi connectivity index (χ2v) is 7.92. The van der Waals surface area contributed by atoms with Crippen molar-refractivity contribution in [2.24, 2.45) is 0 Å². The van der Waals surface area contributed by atoms with Crippen molar-refractivity contribution in [3.8, 4) is 0 Å². The van der Waals surface area contributed by atoms with Crippen molar-refractivity contribution in [2.45, 2.75) is 37.2 Å². The molecule has 0 aliphatic rings. The van der Waals surface area contributed by atoms with E-state index in [0.29, 0.717) is 17.4 Å². The van der Waals surface area contributed by atoms with Crippen LogP contribution in [0.4, 0.5) is 17.5 Å². The van der Waals surface area contributed by atoms with Crippen LogP contribution in [0.5, 0.6) is 0 Å². The minimum atomic E-state index is 0.155. The molecule has 8 heteroatoms. The molecule has 1 aromatic carbocycles. The molecule has 0 saturated heterocycles. The minimum absolute atomic E-state index is 0.155. The maximum Gasteiger partial charge on any atom is 0.196 e. The van der Waals surface area contributed by atoms with Crippen LogP contribution in [-0.2, 0) is 11.2 Å². The highest BCUT2D eigenvalue weighted by Gasteiger charge is 2.14. The first kappa shape index (κ1) is 19.9. The fourth-order valence-electron chi connectivity index (χ4n) is 2.76. The summed E-state index contributed by atoms with van der Waals surface area (Å²) < 4.78 is 0. The van der Waals surface area contributed by atoms with E-state index >= 15 is 0 Å². The second-order valence-electron chi connectivity index (χ2n) is 6.88. The van der Waals surface area contributed by atoms with Gasteiger partial charge >= 0.3 is 0 Å². The zero-order valence-corrected chi connectivity index (χ0v) is 17.5. The van der Waals surface area contributed by atoms with E-state index in [0.717, 1.165) is 33.4 Å². The van der Waals surface area contributed by atoms with Gasteiger partial charge in [0.2, 0.25) is 0 Å². The molecule has 146 valence electrons. The highest BCUT2D eigenvalue weighted by atomic mass is 32.2. The van der Waals surface area contributed by atoms with Gasteiger partial charge in [-0.1, -0.05) is 12.1 Å². The fraction of sp³-hybridized carbons (Fsp3) is 0.300. The number of aryl methyl sites for hydroxylation is 1. The first-order valence-corrected chi connectivity index (χ1v) is 9.74. The van der Waals surface area contributed by atoms with Gasteiger partial charge in [-0.3, -0.25) is 9.89 Å². The summed E-state index contributed by atoms with van der Waals surface area (Å²) in [7, 11) is 3.92. The summed E-state index contributed by atoms with van der Waals surface area (Å²) in [5, 5.41) is 11.1. The minimum Gasteiger partial charge on any atom is -0.362 e. The van der Waals surface area contributed by atoms with Crippen LogP contribution >= 0.6 is 11.8 Å². The molecule has 7 nitrogen and oxygen atoms in total. The summed E-state index contributed by atoms with van der Waals surface area (Å²) in [4.78, 5) is 23.6. The Morgan fingerprint density at radius 3 is 2.46 bits per heavy atom. The van der Waals surface area contributed by atoms with Crippen molar-refractivity contribution in [1.29, 1.82) is 0 Å². The average Bonchev–Trinajstić information content (AvgIpc) is 3.03. The summed E-state index contributed by atoms with van der Waals surface area (Å²) in [5.41, 5.74) is 2.93. The van der Waals surface area contributed by atoms with E-state index < -0.39 is 0 Å². The lowest BCUT2D eigenvalue weighted by atomic mass is 10.1. The monoisotopic (exact) mass is 396 g/mol. The van der Waals surface area contributed by atoms with Crippen LogP contribution < -0.4 is 10.2 Å². The summed E-state index contributed by atoms with van der Waals surface area (Å²) in [6.45, 7) is 5.54. The van der Waals surface area contributed by atoms with Gasteiger partial charge in [0.15, 0.2) is 11.0 Å². The largest absolute Gasteiger partial charge is 0.362 e. The van der Waals surface area contributed by atoms with Gasteiger partial charge in [0.1, 0.15) is 17.4 Å². The molecular weight excluding hydrogens is 372 g/mol. The van der Waals surface area contributed by atoms with Crippen molar-refractivity contribution in [3.63, 3.8) is 0 Å². The fourth-order valence-corrected chi connectivity index (χ4v) is 3.51. The van der Waals surface area contributed by atoms with Crippen molar-refractivity contribution < 1.29 is 4.79 Å². The van der Waals surface area contributed by atoms with E-state index in [4.69, 9.17) is 9.97 Å². The zero-order valence-electron chi connectivity index (χ0n) is 16.7. The molecule has 28 heavy (non-hydrogen) atoms. The Morgan fingerprint density at radius 1 is 1.18 bits per heavy atom. The summed E-state index contributed by atoms with van der Waals surface area (Å²) >= 11 is 1.48. The Hall–Kier alpha value is -2.87. The van der Waals surface area contributed by atoms with Crippen molar-refractivity contribution >= 4 is 35.0 Å². The van der Waals surface area contributed by atoms with Crippen molar-refractivity contribution in [1.82, 2.24) is 20.2 Å². The number of Topliss-reactive ketones (excluding diaryl/α,β-unsaturated/α-hetero) is 1. The molecule has 2 heterocycles. The van der Waals surface area contributed by atoms with Gasteiger partial charge in [-0.15, -0.1) is 0 Å². The molecule has 0 amide bonds. The van der Waals surface area contributed by atoms with Crippen LogP contribution in [0.1, 0.15) is 23.7 Å². The normalized spacial score (nSPS) is 10.8. The number of nitrogens with one attached hydrogen (secondary N) is 2. The molecule has 0 aliphatic carbocycles. The number of H-pyrrole nitrogens is 1. The first-order chi connectivity index (χ1) is 13.3. The van der Waals surface area contributed by atoms with Gasteiger partial charge in [-0.25, -0.2) is 9.97 Å². The Kier molecular flexibility index (Phi) is 5.99. The van der Waals surface area contributed by atoms with Gasteiger partial charge in [-0.2, -0.15) is 5.10 Å². The van der Waals surface area contributed by atoms with E-state index in [2.05, 4.69) is 15.5 Å². The summed E-state index contributed by atoms with van der Waals surface area (Å²) in [6, 6.07) is 9.85. The van der Waals surface area contributed by atoms with Crippen LogP contribution in [0.3, 0.4) is 0 Å². The third kappa shape index (κ3) is 4.89. The van der Waals surface area contributed by atoms with Gasteiger partial charge in [-0.05, 0) is 50.2 Å². The topological polar surface area (TPSA) is 86.8 Å². The second kappa shape index (κ2) is 8.43. The molecule has 0 fully saturated rings. The van der Waals surface area contributed by atoms with Gasteiger partial charge in [0.25, 0.3) is 0 Å². The molecule has 0 radical (unpaired) electrons. The molecular formula is C20H24N6OS. The van der Waals surface area contributed by atoms with E-state index in [9.17, 15) is 4.79 Å².